The van der Waals surface area contributed by atoms with Gasteiger partial charge in [-0.3, -0.25) is 4.79 Å². The van der Waals surface area contributed by atoms with Gasteiger partial charge in [-0.1, -0.05) is 23.4 Å². The van der Waals surface area contributed by atoms with Crippen molar-refractivity contribution in [3.05, 3.63) is 71.4 Å². The van der Waals surface area contributed by atoms with Gasteiger partial charge in [-0.25, -0.2) is 9.97 Å². The molecule has 0 saturated carbocycles. The molecular weight excluding hydrogens is 420 g/mol. The van der Waals surface area contributed by atoms with Gasteiger partial charge in [0.2, 0.25) is 0 Å². The molecule has 1 aliphatic rings. The number of rotatable bonds is 7. The second kappa shape index (κ2) is 9.93. The van der Waals surface area contributed by atoms with Gasteiger partial charge in [0.15, 0.2) is 10.9 Å². The molecule has 0 atom stereocenters. The Morgan fingerprint density at radius 3 is 2.53 bits per heavy atom. The monoisotopic (exact) mass is 440 g/mol. The number of morpholine rings is 1. The quantitative estimate of drug-likeness (QED) is 0.325. The third kappa shape index (κ3) is 5.50. The van der Waals surface area contributed by atoms with Gasteiger partial charge < -0.3 is 15.0 Å². The molecular formula is C22H21ClN4O2S. The van der Waals surface area contributed by atoms with E-state index in [9.17, 15) is 4.79 Å². The van der Waals surface area contributed by atoms with Crippen LogP contribution in [0.3, 0.4) is 0 Å². The molecule has 2 aromatic carbocycles. The van der Waals surface area contributed by atoms with Gasteiger partial charge >= 0.3 is 0 Å². The summed E-state index contributed by atoms with van der Waals surface area (Å²) in [7, 11) is 0. The molecule has 8 heteroatoms. The molecule has 1 fully saturated rings. The molecule has 1 saturated heterocycles. The number of nitrogens with one attached hydrogen (secondary N) is 1. The zero-order valence-electron chi connectivity index (χ0n) is 16.3. The van der Waals surface area contributed by atoms with Crippen LogP contribution in [0.15, 0.2) is 66.0 Å². The van der Waals surface area contributed by atoms with E-state index in [1.54, 1.807) is 36.5 Å². The van der Waals surface area contributed by atoms with Crippen LogP contribution in [-0.2, 0) is 4.74 Å². The number of nitrogens with zero attached hydrogens (tertiary/aromatic N) is 3. The maximum Gasteiger partial charge on any atom is 0.189 e. The number of benzene rings is 2. The smallest absolute Gasteiger partial charge is 0.189 e. The molecule has 1 N–H and O–H groups in total. The minimum absolute atomic E-state index is 0.0114. The molecule has 0 spiro atoms. The second-order valence-electron chi connectivity index (χ2n) is 6.71. The Kier molecular flexibility index (Phi) is 6.84. The fourth-order valence-electron chi connectivity index (χ4n) is 3.05. The maximum atomic E-state index is 12.3. The summed E-state index contributed by atoms with van der Waals surface area (Å²) in [4.78, 5) is 23.4. The summed E-state index contributed by atoms with van der Waals surface area (Å²) in [5.41, 5.74) is 2.75. The fraction of sp³-hybridized carbons (Fsp3) is 0.227. The van der Waals surface area contributed by atoms with Crippen molar-refractivity contribution in [3.63, 3.8) is 0 Å². The van der Waals surface area contributed by atoms with Crippen molar-refractivity contribution in [3.8, 4) is 0 Å². The van der Waals surface area contributed by atoms with E-state index in [0.29, 0.717) is 21.6 Å². The first-order valence-electron chi connectivity index (χ1n) is 9.62. The fourth-order valence-corrected chi connectivity index (χ4v) is 3.91. The van der Waals surface area contributed by atoms with E-state index in [-0.39, 0.29) is 11.5 Å². The Bertz CT molecular complexity index is 993. The predicted molar refractivity (Wildman–Crippen MR) is 121 cm³/mol. The van der Waals surface area contributed by atoms with Crippen molar-refractivity contribution in [2.24, 2.45) is 0 Å². The van der Waals surface area contributed by atoms with E-state index in [0.717, 1.165) is 32.0 Å². The van der Waals surface area contributed by atoms with Crippen LogP contribution in [-0.4, -0.2) is 47.8 Å². The molecule has 0 unspecified atom stereocenters. The van der Waals surface area contributed by atoms with Gasteiger partial charge in [-0.2, -0.15) is 0 Å². The number of carbonyl (C=O) groups excluding carboxylic acids is 1. The van der Waals surface area contributed by atoms with E-state index < -0.39 is 0 Å². The number of aromatic nitrogens is 2. The number of Topliss-reactive ketones (excluding diaryl/α,β-unsaturated/α-hetero) is 1. The minimum atomic E-state index is 0.0114. The van der Waals surface area contributed by atoms with Crippen LogP contribution in [0, 0.1) is 0 Å². The van der Waals surface area contributed by atoms with Gasteiger partial charge in [0.1, 0.15) is 5.82 Å². The van der Waals surface area contributed by atoms with Gasteiger partial charge in [0.25, 0.3) is 0 Å². The first-order valence-corrected chi connectivity index (χ1v) is 11.0. The van der Waals surface area contributed by atoms with E-state index >= 15 is 0 Å². The molecule has 0 radical (unpaired) electrons. The van der Waals surface area contributed by atoms with Gasteiger partial charge in [0.05, 0.1) is 19.0 Å². The van der Waals surface area contributed by atoms with Gasteiger partial charge in [-0.05, 0) is 54.6 Å². The highest BCUT2D eigenvalue weighted by Crippen LogP contribution is 2.23. The summed E-state index contributed by atoms with van der Waals surface area (Å²) in [6.07, 6.45) is 1.69. The lowest BCUT2D eigenvalue weighted by Crippen LogP contribution is -2.36. The summed E-state index contributed by atoms with van der Waals surface area (Å²) < 4.78 is 5.40. The lowest BCUT2D eigenvalue weighted by Gasteiger charge is -2.28. The maximum absolute atomic E-state index is 12.3. The molecule has 2 heterocycles. The zero-order valence-corrected chi connectivity index (χ0v) is 17.8. The van der Waals surface area contributed by atoms with Crippen LogP contribution in [0.1, 0.15) is 10.4 Å². The first-order chi connectivity index (χ1) is 14.7. The van der Waals surface area contributed by atoms with Crippen molar-refractivity contribution in [1.82, 2.24) is 9.97 Å². The average Bonchev–Trinajstić information content (AvgIpc) is 2.79. The molecule has 154 valence electrons. The van der Waals surface area contributed by atoms with Crippen molar-refractivity contribution in [2.45, 2.75) is 5.16 Å². The number of ketones is 1. The van der Waals surface area contributed by atoms with Crippen LogP contribution in [0.5, 0.6) is 0 Å². The molecule has 4 rings (SSSR count). The third-order valence-corrected chi connectivity index (χ3v) is 5.76. The Labute approximate surface area is 184 Å². The van der Waals surface area contributed by atoms with Crippen molar-refractivity contribution < 1.29 is 9.53 Å². The average molecular weight is 441 g/mol. The van der Waals surface area contributed by atoms with E-state index in [1.165, 1.54) is 17.4 Å². The molecule has 1 aromatic heterocycles. The highest BCUT2D eigenvalue weighted by molar-refractivity contribution is 7.99. The number of hydrogen-bond donors (Lipinski definition) is 1. The zero-order chi connectivity index (χ0) is 20.8. The highest BCUT2D eigenvalue weighted by atomic mass is 35.5. The Hall–Kier alpha value is -2.61. The second-order valence-corrected chi connectivity index (χ2v) is 8.09. The summed E-state index contributed by atoms with van der Waals surface area (Å²) >= 11 is 7.18. The number of thioether (sulfide) groups is 1. The van der Waals surface area contributed by atoms with Crippen LogP contribution < -0.4 is 10.2 Å². The van der Waals surface area contributed by atoms with Crippen LogP contribution in [0.25, 0.3) is 0 Å². The van der Waals surface area contributed by atoms with Gasteiger partial charge in [0, 0.05) is 41.2 Å². The lowest BCUT2D eigenvalue weighted by molar-refractivity contribution is 0.102. The van der Waals surface area contributed by atoms with E-state index in [4.69, 9.17) is 16.3 Å². The number of anilines is 3. The van der Waals surface area contributed by atoms with Crippen molar-refractivity contribution in [2.75, 3.05) is 42.3 Å². The third-order valence-electron chi connectivity index (χ3n) is 4.65. The van der Waals surface area contributed by atoms with Gasteiger partial charge in [-0.15, -0.1) is 0 Å². The van der Waals surface area contributed by atoms with Crippen LogP contribution in [0.2, 0.25) is 5.02 Å². The van der Waals surface area contributed by atoms with Crippen LogP contribution in [0.4, 0.5) is 17.2 Å². The molecule has 0 amide bonds. The SMILES string of the molecule is O=C(CSc1nccc(Nc2ccc(N3CCOCC3)cc2)n1)c1ccc(Cl)cc1. The number of carbonyl (C=O) groups is 1. The topological polar surface area (TPSA) is 67.4 Å². The standard InChI is InChI=1S/C22H21ClN4O2S/c23-17-3-1-16(2-4-17)20(28)15-30-22-24-10-9-21(26-22)25-18-5-7-19(8-6-18)27-11-13-29-14-12-27/h1-10H,11-15H2,(H,24,25,26). The Morgan fingerprint density at radius 1 is 1.07 bits per heavy atom. The molecule has 3 aromatic rings. The molecule has 1 aliphatic heterocycles. The largest absolute Gasteiger partial charge is 0.378 e. The Morgan fingerprint density at radius 2 is 1.80 bits per heavy atom. The van der Waals surface area contributed by atoms with E-state index in [2.05, 4.69) is 32.3 Å². The minimum Gasteiger partial charge on any atom is -0.378 e. The number of halogens is 1. The van der Waals surface area contributed by atoms with Crippen LogP contribution >= 0.6 is 23.4 Å². The first kappa shape index (κ1) is 20.7. The molecule has 0 bridgehead atoms. The Balaban J connectivity index is 1.35. The number of ether oxygens (including phenoxy) is 1. The lowest BCUT2D eigenvalue weighted by atomic mass is 10.1. The molecule has 30 heavy (non-hydrogen) atoms. The molecule has 0 aliphatic carbocycles. The van der Waals surface area contributed by atoms with Crippen molar-refractivity contribution in [1.29, 1.82) is 0 Å². The predicted octanol–water partition coefficient (Wildman–Crippen LogP) is 4.69. The normalized spacial score (nSPS) is 13.8. The summed E-state index contributed by atoms with van der Waals surface area (Å²) in [5.74, 6) is 0.960. The summed E-state index contributed by atoms with van der Waals surface area (Å²) in [6.45, 7) is 3.35. The van der Waals surface area contributed by atoms with Crippen molar-refractivity contribution >= 4 is 46.3 Å². The summed E-state index contributed by atoms with van der Waals surface area (Å²) in [5, 5.41) is 4.45. The van der Waals surface area contributed by atoms with E-state index in [1.807, 2.05) is 12.1 Å². The number of hydrogen-bond acceptors (Lipinski definition) is 7. The highest BCUT2D eigenvalue weighted by Gasteiger charge is 2.11. The molecule has 6 nitrogen and oxygen atoms in total. The summed E-state index contributed by atoms with van der Waals surface area (Å²) in [6, 6.07) is 16.9.